The SMILES string of the molecule is C[C@@H](OCc1cn(-c2cccc(C(C)(C)C)c2)nn1)[C@](O)(Cn1cncn1)c1ccc(F)cc1F. The minimum Gasteiger partial charge on any atom is -0.380 e. The van der Waals surface area contributed by atoms with E-state index < -0.39 is 23.3 Å². The molecule has 4 aromatic rings. The topological polar surface area (TPSA) is 90.9 Å². The Morgan fingerprint density at radius 2 is 1.91 bits per heavy atom. The van der Waals surface area contributed by atoms with Gasteiger partial charge in [0, 0.05) is 11.6 Å². The summed E-state index contributed by atoms with van der Waals surface area (Å²) in [6.07, 6.45) is 3.53. The molecular weight excluding hydrogens is 454 g/mol. The molecule has 184 valence electrons. The van der Waals surface area contributed by atoms with Gasteiger partial charge < -0.3 is 9.84 Å². The molecule has 0 amide bonds. The summed E-state index contributed by atoms with van der Waals surface area (Å²) in [5.41, 5.74) is 0.576. The van der Waals surface area contributed by atoms with E-state index in [4.69, 9.17) is 4.74 Å². The molecule has 0 unspecified atom stereocenters. The van der Waals surface area contributed by atoms with E-state index in [2.05, 4.69) is 53.3 Å². The molecule has 0 radical (unpaired) electrons. The molecule has 2 heterocycles. The third-order valence-electron chi connectivity index (χ3n) is 5.94. The first-order valence-corrected chi connectivity index (χ1v) is 11.2. The molecule has 0 saturated heterocycles. The second-order valence-corrected chi connectivity index (χ2v) is 9.55. The highest BCUT2D eigenvalue weighted by molar-refractivity contribution is 5.38. The first kappa shape index (κ1) is 24.6. The molecule has 0 bridgehead atoms. The van der Waals surface area contributed by atoms with Gasteiger partial charge in [0.05, 0.1) is 31.1 Å². The Morgan fingerprint density at radius 1 is 1.11 bits per heavy atom. The summed E-state index contributed by atoms with van der Waals surface area (Å²) < 4.78 is 37.1. The van der Waals surface area contributed by atoms with Crippen LogP contribution >= 0.6 is 0 Å². The molecule has 2 aromatic heterocycles. The molecule has 8 nitrogen and oxygen atoms in total. The van der Waals surface area contributed by atoms with E-state index in [1.807, 2.05) is 12.1 Å². The number of hydrogen-bond acceptors (Lipinski definition) is 6. The van der Waals surface area contributed by atoms with E-state index >= 15 is 0 Å². The van der Waals surface area contributed by atoms with Crippen molar-refractivity contribution in [3.05, 3.63) is 89.8 Å². The number of benzene rings is 2. The van der Waals surface area contributed by atoms with E-state index in [-0.39, 0.29) is 24.1 Å². The lowest BCUT2D eigenvalue weighted by Gasteiger charge is -2.34. The van der Waals surface area contributed by atoms with E-state index in [1.165, 1.54) is 23.4 Å². The zero-order valence-electron chi connectivity index (χ0n) is 20.1. The van der Waals surface area contributed by atoms with Gasteiger partial charge in [0.15, 0.2) is 0 Å². The highest BCUT2D eigenvalue weighted by atomic mass is 19.1. The molecule has 0 saturated carbocycles. The minimum absolute atomic E-state index is 0.0118. The number of aliphatic hydroxyl groups is 1. The molecule has 35 heavy (non-hydrogen) atoms. The predicted molar refractivity (Wildman–Crippen MR) is 125 cm³/mol. The van der Waals surface area contributed by atoms with Gasteiger partial charge in [-0.2, -0.15) is 5.10 Å². The van der Waals surface area contributed by atoms with Crippen LogP contribution in [0.2, 0.25) is 0 Å². The zero-order valence-corrected chi connectivity index (χ0v) is 20.1. The number of halogens is 2. The van der Waals surface area contributed by atoms with Crippen molar-refractivity contribution in [3.8, 4) is 5.69 Å². The minimum atomic E-state index is -1.86. The first-order chi connectivity index (χ1) is 16.6. The second kappa shape index (κ2) is 9.63. The molecular formula is C25H28F2N6O2. The van der Waals surface area contributed by atoms with Gasteiger partial charge in [-0.05, 0) is 36.1 Å². The Balaban J connectivity index is 1.54. The van der Waals surface area contributed by atoms with Crippen LogP contribution in [0.15, 0.2) is 61.3 Å². The van der Waals surface area contributed by atoms with Crippen LogP contribution in [0.25, 0.3) is 5.69 Å². The van der Waals surface area contributed by atoms with Crippen molar-refractivity contribution in [2.75, 3.05) is 0 Å². The van der Waals surface area contributed by atoms with Crippen molar-refractivity contribution in [1.82, 2.24) is 29.8 Å². The van der Waals surface area contributed by atoms with E-state index in [1.54, 1.807) is 17.8 Å². The summed E-state index contributed by atoms with van der Waals surface area (Å²) in [6.45, 7) is 7.89. The van der Waals surface area contributed by atoms with Crippen molar-refractivity contribution in [3.63, 3.8) is 0 Å². The van der Waals surface area contributed by atoms with Gasteiger partial charge in [-0.3, -0.25) is 0 Å². The Labute approximate surface area is 202 Å². The van der Waals surface area contributed by atoms with Crippen molar-refractivity contribution in [1.29, 1.82) is 0 Å². The molecule has 0 aliphatic carbocycles. The van der Waals surface area contributed by atoms with Crippen molar-refractivity contribution < 1.29 is 18.6 Å². The van der Waals surface area contributed by atoms with Gasteiger partial charge >= 0.3 is 0 Å². The van der Waals surface area contributed by atoms with Crippen LogP contribution in [-0.4, -0.2) is 41.0 Å². The lowest BCUT2D eigenvalue weighted by Crippen LogP contribution is -2.44. The third-order valence-corrected chi connectivity index (χ3v) is 5.94. The molecule has 0 fully saturated rings. The number of hydrogen-bond donors (Lipinski definition) is 1. The highest BCUT2D eigenvalue weighted by Gasteiger charge is 2.40. The summed E-state index contributed by atoms with van der Waals surface area (Å²) in [5, 5.41) is 23.9. The molecule has 2 aromatic carbocycles. The quantitative estimate of drug-likeness (QED) is 0.409. The average molecular weight is 483 g/mol. The van der Waals surface area contributed by atoms with E-state index in [0.717, 1.165) is 23.4 Å². The summed E-state index contributed by atoms with van der Waals surface area (Å²) in [7, 11) is 0. The van der Waals surface area contributed by atoms with Crippen LogP contribution in [0, 0.1) is 11.6 Å². The zero-order chi connectivity index (χ0) is 25.2. The highest BCUT2D eigenvalue weighted by Crippen LogP contribution is 2.32. The number of rotatable bonds is 8. The smallest absolute Gasteiger partial charge is 0.138 e. The summed E-state index contributed by atoms with van der Waals surface area (Å²) in [4.78, 5) is 3.87. The number of aromatic nitrogens is 6. The fraction of sp³-hybridized carbons (Fsp3) is 0.360. The standard InChI is InChI=1S/C25H28F2N6O2/c1-17(25(34,14-32-16-28-15-29-32)22-9-8-19(26)11-23(22)27)35-13-20-12-33(31-30-20)21-7-5-6-18(10-21)24(2,3)4/h5-12,15-17,34H,13-14H2,1-4H3/t17-,25-/m1/s1. The van der Waals surface area contributed by atoms with Crippen molar-refractivity contribution in [2.24, 2.45) is 0 Å². The van der Waals surface area contributed by atoms with Gasteiger partial charge in [0.1, 0.15) is 35.6 Å². The van der Waals surface area contributed by atoms with Crippen LogP contribution in [0.1, 0.15) is 44.5 Å². The number of nitrogens with zero attached hydrogens (tertiary/aromatic N) is 6. The maximum atomic E-state index is 14.7. The molecule has 2 atom stereocenters. The van der Waals surface area contributed by atoms with Crippen LogP contribution in [0.5, 0.6) is 0 Å². The van der Waals surface area contributed by atoms with Crippen LogP contribution in [-0.2, 0) is 28.9 Å². The van der Waals surface area contributed by atoms with Gasteiger partial charge in [-0.1, -0.05) is 44.2 Å². The van der Waals surface area contributed by atoms with Crippen molar-refractivity contribution >= 4 is 0 Å². The molecule has 10 heteroatoms. The monoisotopic (exact) mass is 482 g/mol. The Morgan fingerprint density at radius 3 is 2.60 bits per heavy atom. The number of ether oxygens (including phenoxy) is 1. The van der Waals surface area contributed by atoms with E-state index in [0.29, 0.717) is 5.69 Å². The summed E-state index contributed by atoms with van der Waals surface area (Å²) in [5.74, 6) is -1.62. The summed E-state index contributed by atoms with van der Waals surface area (Å²) in [6, 6.07) is 11.1. The normalized spacial score (nSPS) is 14.6. The van der Waals surface area contributed by atoms with Gasteiger partial charge in [0.2, 0.25) is 0 Å². The molecule has 0 aliphatic heterocycles. The first-order valence-electron chi connectivity index (χ1n) is 11.2. The average Bonchev–Trinajstić information content (AvgIpc) is 3.49. The second-order valence-electron chi connectivity index (χ2n) is 9.55. The predicted octanol–water partition coefficient (Wildman–Crippen LogP) is 3.93. The van der Waals surface area contributed by atoms with Crippen molar-refractivity contribution in [2.45, 2.75) is 58.0 Å². The lowest BCUT2D eigenvalue weighted by molar-refractivity contribution is -0.124. The third kappa shape index (κ3) is 5.44. The molecule has 0 spiro atoms. The van der Waals surface area contributed by atoms with Crippen LogP contribution in [0.3, 0.4) is 0 Å². The Bertz CT molecular complexity index is 1290. The maximum Gasteiger partial charge on any atom is 0.138 e. The fourth-order valence-electron chi connectivity index (χ4n) is 3.79. The van der Waals surface area contributed by atoms with E-state index in [9.17, 15) is 13.9 Å². The van der Waals surface area contributed by atoms with Gasteiger partial charge in [-0.15, -0.1) is 5.10 Å². The lowest BCUT2D eigenvalue weighted by atomic mass is 9.87. The Kier molecular flexibility index (Phi) is 6.77. The van der Waals surface area contributed by atoms with Gasteiger partial charge in [0.25, 0.3) is 0 Å². The van der Waals surface area contributed by atoms with Gasteiger partial charge in [-0.25, -0.2) is 23.1 Å². The molecule has 4 rings (SSSR count). The summed E-state index contributed by atoms with van der Waals surface area (Å²) >= 11 is 0. The largest absolute Gasteiger partial charge is 0.380 e. The fourth-order valence-corrected chi connectivity index (χ4v) is 3.79. The van der Waals surface area contributed by atoms with Crippen LogP contribution in [0.4, 0.5) is 8.78 Å². The molecule has 1 N–H and O–H groups in total. The maximum absolute atomic E-state index is 14.7. The van der Waals surface area contributed by atoms with Crippen LogP contribution < -0.4 is 0 Å². The Hall–Kier alpha value is -3.50. The molecule has 0 aliphatic rings.